The Morgan fingerprint density at radius 3 is 2.63 bits per heavy atom. The zero-order valence-electron chi connectivity index (χ0n) is 12.1. The number of aryl methyl sites for hydroxylation is 1. The van der Waals surface area contributed by atoms with Crippen LogP contribution in [0, 0.1) is 6.92 Å². The number of nitrogens with one attached hydrogen (secondary N) is 1. The van der Waals surface area contributed by atoms with E-state index in [2.05, 4.69) is 5.32 Å². The van der Waals surface area contributed by atoms with Crippen molar-refractivity contribution in [2.24, 2.45) is 0 Å². The second-order valence-electron chi connectivity index (χ2n) is 5.04. The van der Waals surface area contributed by atoms with E-state index in [0.717, 1.165) is 17.9 Å². The summed E-state index contributed by atoms with van der Waals surface area (Å²) < 4.78 is 30.7. The van der Waals surface area contributed by atoms with Gasteiger partial charge in [-0.2, -0.15) is 0 Å². The molecule has 0 fully saturated rings. The highest BCUT2D eigenvalue weighted by molar-refractivity contribution is 7.89. The van der Waals surface area contributed by atoms with Crippen LogP contribution in [0.4, 0.5) is 0 Å². The third-order valence-corrected chi connectivity index (χ3v) is 4.85. The third kappa shape index (κ3) is 5.34. The molecule has 1 heterocycles. The number of furan rings is 1. The topological polar surface area (TPSA) is 62.6 Å². The Balaban J connectivity index is 2.46. The van der Waals surface area contributed by atoms with Gasteiger partial charge in [0.1, 0.15) is 5.76 Å². The van der Waals surface area contributed by atoms with Gasteiger partial charge in [0.05, 0.1) is 12.0 Å². The summed E-state index contributed by atoms with van der Waals surface area (Å²) in [6, 6.07) is 2.19. The summed E-state index contributed by atoms with van der Waals surface area (Å²) in [5.41, 5.74) is 0.909. The first-order chi connectivity index (χ1) is 8.83. The molecule has 0 spiro atoms. The van der Waals surface area contributed by atoms with Crippen LogP contribution in [0.3, 0.4) is 0 Å². The van der Waals surface area contributed by atoms with Gasteiger partial charge in [0, 0.05) is 25.2 Å². The van der Waals surface area contributed by atoms with Crippen molar-refractivity contribution in [1.29, 1.82) is 0 Å². The highest BCUT2D eigenvalue weighted by Crippen LogP contribution is 2.13. The molecule has 1 rings (SSSR count). The average Bonchev–Trinajstić information content (AvgIpc) is 2.70. The molecule has 19 heavy (non-hydrogen) atoms. The fourth-order valence-corrected chi connectivity index (χ4v) is 2.87. The monoisotopic (exact) mass is 288 g/mol. The summed E-state index contributed by atoms with van der Waals surface area (Å²) in [6.07, 6.45) is 2.20. The Bertz CT molecular complexity index is 480. The van der Waals surface area contributed by atoms with Gasteiger partial charge in [-0.15, -0.1) is 0 Å². The van der Waals surface area contributed by atoms with Crippen LogP contribution in [0.25, 0.3) is 0 Å². The molecule has 0 aliphatic carbocycles. The van der Waals surface area contributed by atoms with Crippen molar-refractivity contribution in [2.75, 3.05) is 19.3 Å². The lowest BCUT2D eigenvalue weighted by Crippen LogP contribution is -2.31. The van der Waals surface area contributed by atoms with Crippen LogP contribution in [0.15, 0.2) is 16.7 Å². The van der Waals surface area contributed by atoms with Crippen molar-refractivity contribution < 1.29 is 12.8 Å². The minimum atomic E-state index is -3.20. The van der Waals surface area contributed by atoms with Gasteiger partial charge in [0.15, 0.2) is 0 Å². The van der Waals surface area contributed by atoms with Gasteiger partial charge in [-0.25, -0.2) is 12.7 Å². The molecule has 0 aliphatic rings. The van der Waals surface area contributed by atoms with Gasteiger partial charge < -0.3 is 9.73 Å². The quantitative estimate of drug-likeness (QED) is 0.740. The van der Waals surface area contributed by atoms with Crippen LogP contribution in [0.1, 0.15) is 31.6 Å². The molecule has 110 valence electrons. The molecule has 0 amide bonds. The van der Waals surface area contributed by atoms with Gasteiger partial charge >= 0.3 is 0 Å². The summed E-state index contributed by atoms with van der Waals surface area (Å²) in [5.74, 6) is 0.934. The van der Waals surface area contributed by atoms with Crippen LogP contribution >= 0.6 is 0 Å². The highest BCUT2D eigenvalue weighted by atomic mass is 32.2. The van der Waals surface area contributed by atoms with Crippen molar-refractivity contribution in [2.45, 2.75) is 39.8 Å². The zero-order chi connectivity index (χ0) is 14.5. The molecule has 0 atom stereocenters. The van der Waals surface area contributed by atoms with Crippen molar-refractivity contribution in [3.05, 3.63) is 23.7 Å². The Labute approximate surface area is 116 Å². The molecule has 5 nitrogen and oxygen atoms in total. The van der Waals surface area contributed by atoms with Gasteiger partial charge in [-0.3, -0.25) is 0 Å². The smallest absolute Gasteiger partial charge is 0.214 e. The summed E-state index contributed by atoms with van der Waals surface area (Å²) >= 11 is 0. The fraction of sp³-hybridized carbons (Fsp3) is 0.692. The van der Waals surface area contributed by atoms with E-state index in [4.69, 9.17) is 4.42 Å². The maximum Gasteiger partial charge on any atom is 0.214 e. The molecular weight excluding hydrogens is 264 g/mol. The molecule has 0 aromatic carbocycles. The maximum atomic E-state index is 12.1. The van der Waals surface area contributed by atoms with Crippen LogP contribution in [-0.2, 0) is 16.6 Å². The SMILES string of the molecule is Cc1occc1CN(C)S(=O)(=O)CCCNC(C)C. The predicted octanol–water partition coefficient (Wildman–Crippen LogP) is 1.74. The van der Waals surface area contributed by atoms with E-state index in [0.29, 0.717) is 19.0 Å². The minimum Gasteiger partial charge on any atom is -0.469 e. The van der Waals surface area contributed by atoms with Crippen molar-refractivity contribution >= 4 is 10.0 Å². The number of sulfonamides is 1. The van der Waals surface area contributed by atoms with E-state index < -0.39 is 10.0 Å². The molecule has 0 saturated carbocycles. The summed E-state index contributed by atoms with van der Waals surface area (Å²) in [7, 11) is -1.59. The van der Waals surface area contributed by atoms with Crippen molar-refractivity contribution in [1.82, 2.24) is 9.62 Å². The molecule has 0 unspecified atom stereocenters. The standard InChI is InChI=1S/C13H24N2O3S/c1-11(2)14-7-5-9-19(16,17)15(4)10-13-6-8-18-12(13)3/h6,8,11,14H,5,7,9-10H2,1-4H3. The van der Waals surface area contributed by atoms with E-state index in [1.807, 2.05) is 26.8 Å². The first kappa shape index (κ1) is 16.2. The molecule has 1 aromatic heterocycles. The first-order valence-corrected chi connectivity index (χ1v) is 8.14. The number of hydrogen-bond acceptors (Lipinski definition) is 4. The van der Waals surface area contributed by atoms with E-state index in [1.165, 1.54) is 4.31 Å². The highest BCUT2D eigenvalue weighted by Gasteiger charge is 2.18. The normalized spacial score (nSPS) is 12.5. The summed E-state index contributed by atoms with van der Waals surface area (Å²) in [5, 5.41) is 3.21. The van der Waals surface area contributed by atoms with Crippen molar-refractivity contribution in [3.8, 4) is 0 Å². The Hall–Kier alpha value is -0.850. The van der Waals surface area contributed by atoms with Crippen LogP contribution in [-0.4, -0.2) is 38.1 Å². The predicted molar refractivity (Wildman–Crippen MR) is 76.5 cm³/mol. The second-order valence-corrected chi connectivity index (χ2v) is 7.23. The Morgan fingerprint density at radius 2 is 2.11 bits per heavy atom. The zero-order valence-corrected chi connectivity index (χ0v) is 13.0. The van der Waals surface area contributed by atoms with E-state index in [1.54, 1.807) is 13.3 Å². The van der Waals surface area contributed by atoms with Gasteiger partial charge in [-0.05, 0) is 26.0 Å². The lowest BCUT2D eigenvalue weighted by molar-refractivity contribution is 0.456. The molecular formula is C13H24N2O3S. The van der Waals surface area contributed by atoms with Crippen molar-refractivity contribution in [3.63, 3.8) is 0 Å². The fourth-order valence-electron chi connectivity index (χ4n) is 1.71. The molecule has 0 saturated heterocycles. The summed E-state index contributed by atoms with van der Waals surface area (Å²) in [6.45, 7) is 7.00. The number of rotatable bonds is 8. The van der Waals surface area contributed by atoms with Crippen LogP contribution < -0.4 is 5.32 Å². The molecule has 0 radical (unpaired) electrons. The minimum absolute atomic E-state index is 0.167. The summed E-state index contributed by atoms with van der Waals surface area (Å²) in [4.78, 5) is 0. The van der Waals surface area contributed by atoms with Gasteiger partial charge in [-0.1, -0.05) is 13.8 Å². The molecule has 1 aromatic rings. The largest absolute Gasteiger partial charge is 0.469 e. The van der Waals surface area contributed by atoms with E-state index >= 15 is 0 Å². The van der Waals surface area contributed by atoms with Gasteiger partial charge in [0.25, 0.3) is 0 Å². The van der Waals surface area contributed by atoms with Crippen LogP contribution in [0.2, 0.25) is 0 Å². The Morgan fingerprint density at radius 1 is 1.42 bits per heavy atom. The van der Waals surface area contributed by atoms with Crippen LogP contribution in [0.5, 0.6) is 0 Å². The van der Waals surface area contributed by atoms with Gasteiger partial charge in [0.2, 0.25) is 10.0 Å². The maximum absolute atomic E-state index is 12.1. The molecule has 1 N–H and O–H groups in total. The van der Waals surface area contributed by atoms with E-state index in [9.17, 15) is 8.42 Å². The lowest BCUT2D eigenvalue weighted by Gasteiger charge is -2.17. The van der Waals surface area contributed by atoms with E-state index in [-0.39, 0.29) is 5.75 Å². The average molecular weight is 288 g/mol. The Kier molecular flexibility index (Phi) is 6.03. The third-order valence-electron chi connectivity index (χ3n) is 2.97. The second kappa shape index (κ2) is 7.07. The lowest BCUT2D eigenvalue weighted by atomic mass is 10.3. The molecule has 0 aliphatic heterocycles. The molecule has 0 bridgehead atoms. The molecule has 6 heteroatoms. The first-order valence-electron chi connectivity index (χ1n) is 6.53. The number of nitrogens with zero attached hydrogens (tertiary/aromatic N) is 1. The number of hydrogen-bond donors (Lipinski definition) is 1.